The van der Waals surface area contributed by atoms with Gasteiger partial charge >= 0.3 is 6.09 Å². The van der Waals surface area contributed by atoms with E-state index < -0.39 is 17.8 Å². The molecule has 0 heterocycles. The van der Waals surface area contributed by atoms with Gasteiger partial charge in [-0.1, -0.05) is 0 Å². The fourth-order valence-corrected chi connectivity index (χ4v) is 2.17. The summed E-state index contributed by atoms with van der Waals surface area (Å²) in [5.41, 5.74) is -0.533. The number of hydrogen-bond acceptors (Lipinski definition) is 5. The Kier molecular flexibility index (Phi) is 6.03. The van der Waals surface area contributed by atoms with Crippen molar-refractivity contribution >= 4 is 6.09 Å². The van der Waals surface area contributed by atoms with Gasteiger partial charge in [0.25, 0.3) is 0 Å². The van der Waals surface area contributed by atoms with E-state index in [0.29, 0.717) is 19.4 Å². The zero-order valence-electron chi connectivity index (χ0n) is 12.1. The number of carbonyl (C=O) groups excluding carboxylic acids is 1. The number of carbonyl (C=O) groups is 1. The third kappa shape index (κ3) is 6.22. The Bertz CT molecular complexity index is 289. The van der Waals surface area contributed by atoms with Crippen molar-refractivity contribution < 1.29 is 24.1 Å². The van der Waals surface area contributed by atoms with Crippen molar-refractivity contribution in [3.8, 4) is 0 Å². The summed E-state index contributed by atoms with van der Waals surface area (Å²) in [7, 11) is 1.57. The number of ether oxygens (including phenoxy) is 3. The molecule has 0 aliphatic heterocycles. The minimum atomic E-state index is -0.552. The van der Waals surface area contributed by atoms with Crippen molar-refractivity contribution in [3.05, 3.63) is 0 Å². The molecule has 0 aromatic carbocycles. The first-order valence-corrected chi connectivity index (χ1v) is 6.56. The predicted molar refractivity (Wildman–Crippen MR) is 69.7 cm³/mol. The summed E-state index contributed by atoms with van der Waals surface area (Å²) in [6.45, 7) is 6.19. The quantitative estimate of drug-likeness (QED) is 0.583. The first-order chi connectivity index (χ1) is 8.81. The smallest absolute Gasteiger partial charge is 0.407 e. The molecule has 2 N–H and O–H groups in total. The highest BCUT2D eigenvalue weighted by Crippen LogP contribution is 2.26. The zero-order chi connectivity index (χ0) is 14.5. The summed E-state index contributed by atoms with van der Waals surface area (Å²) < 4.78 is 15.2. The number of alkyl carbamates (subject to hydrolysis) is 1. The molecule has 0 saturated heterocycles. The highest BCUT2D eigenvalue weighted by molar-refractivity contribution is 5.68. The van der Waals surface area contributed by atoms with Crippen molar-refractivity contribution in [2.75, 3.05) is 20.5 Å². The van der Waals surface area contributed by atoms with Crippen molar-refractivity contribution in [2.24, 2.45) is 5.92 Å². The lowest BCUT2D eigenvalue weighted by Crippen LogP contribution is -2.42. The Balaban J connectivity index is 2.33. The number of rotatable bonds is 5. The van der Waals surface area contributed by atoms with E-state index in [2.05, 4.69) is 5.32 Å². The van der Waals surface area contributed by atoms with Gasteiger partial charge in [0.05, 0.1) is 18.8 Å². The maximum Gasteiger partial charge on any atom is 0.407 e. The van der Waals surface area contributed by atoms with Crippen LogP contribution in [0, 0.1) is 5.92 Å². The molecular formula is C13H25NO5. The fourth-order valence-electron chi connectivity index (χ4n) is 2.17. The summed E-state index contributed by atoms with van der Waals surface area (Å²) in [6.07, 6.45) is 0.257. The van der Waals surface area contributed by atoms with Crippen LogP contribution >= 0.6 is 0 Å². The van der Waals surface area contributed by atoms with Crippen LogP contribution in [0.25, 0.3) is 0 Å². The lowest BCUT2D eigenvalue weighted by molar-refractivity contribution is -0.0437. The van der Waals surface area contributed by atoms with E-state index in [1.165, 1.54) is 0 Å². The van der Waals surface area contributed by atoms with Crippen LogP contribution < -0.4 is 5.32 Å². The summed E-state index contributed by atoms with van der Waals surface area (Å²) in [5, 5.41) is 12.6. The Morgan fingerprint density at radius 2 is 2.05 bits per heavy atom. The van der Waals surface area contributed by atoms with Crippen LogP contribution in [0.1, 0.15) is 33.6 Å². The molecule has 0 unspecified atom stereocenters. The third-order valence-corrected chi connectivity index (χ3v) is 2.88. The third-order valence-electron chi connectivity index (χ3n) is 2.88. The van der Waals surface area contributed by atoms with Gasteiger partial charge in [-0.3, -0.25) is 0 Å². The van der Waals surface area contributed by atoms with Crippen LogP contribution in [0.3, 0.4) is 0 Å². The van der Waals surface area contributed by atoms with E-state index >= 15 is 0 Å². The number of nitrogens with one attached hydrogen (secondary N) is 1. The Morgan fingerprint density at radius 3 is 2.63 bits per heavy atom. The van der Waals surface area contributed by atoms with Gasteiger partial charge in [0, 0.05) is 7.11 Å². The van der Waals surface area contributed by atoms with Gasteiger partial charge in [0.1, 0.15) is 12.4 Å². The predicted octanol–water partition coefficient (Wildman–Crippen LogP) is 1.27. The molecule has 6 nitrogen and oxygen atoms in total. The molecule has 0 bridgehead atoms. The molecule has 6 heteroatoms. The minimum Gasteiger partial charge on any atom is -0.444 e. The van der Waals surface area contributed by atoms with E-state index in [1.54, 1.807) is 27.9 Å². The maximum atomic E-state index is 11.6. The summed E-state index contributed by atoms with van der Waals surface area (Å²) >= 11 is 0. The van der Waals surface area contributed by atoms with Gasteiger partial charge in [-0.25, -0.2) is 4.79 Å². The second kappa shape index (κ2) is 7.07. The standard InChI is InChI=1S/C13H25NO5/c1-13(2,3)19-12(16)14-10-5-9(6-11(10)15)7-18-8-17-4/h9-11,15H,5-8H2,1-4H3,(H,14,16)/t9-,10+,11-/m0/s1. The second-order valence-corrected chi connectivity index (χ2v) is 5.93. The number of hydrogen-bond donors (Lipinski definition) is 2. The molecule has 0 aromatic heterocycles. The van der Waals surface area contributed by atoms with E-state index in [4.69, 9.17) is 14.2 Å². The van der Waals surface area contributed by atoms with Gasteiger partial charge in [-0.05, 0) is 39.5 Å². The number of aliphatic hydroxyl groups excluding tert-OH is 1. The SMILES string of the molecule is COCOC[C@@H]1C[C@H](O)[C@H](NC(=O)OC(C)(C)C)C1. The van der Waals surface area contributed by atoms with Crippen LogP contribution in [-0.4, -0.2) is 49.5 Å². The molecule has 1 rings (SSSR count). The molecule has 1 amide bonds. The number of amides is 1. The first-order valence-electron chi connectivity index (χ1n) is 6.56. The average molecular weight is 275 g/mol. The first kappa shape index (κ1) is 16.2. The van der Waals surface area contributed by atoms with Crippen LogP contribution in [0.5, 0.6) is 0 Å². The molecule has 0 spiro atoms. The lowest BCUT2D eigenvalue weighted by atomic mass is 10.1. The highest BCUT2D eigenvalue weighted by atomic mass is 16.7. The van der Waals surface area contributed by atoms with Crippen LogP contribution in [-0.2, 0) is 14.2 Å². The van der Waals surface area contributed by atoms with Crippen LogP contribution in [0.2, 0.25) is 0 Å². The van der Waals surface area contributed by atoms with Crippen molar-refractivity contribution in [2.45, 2.75) is 51.4 Å². The Labute approximate surface area is 114 Å². The normalized spacial score (nSPS) is 27.3. The summed E-state index contributed by atoms with van der Waals surface area (Å²) in [5.74, 6) is 0.227. The molecule has 1 fully saturated rings. The maximum absolute atomic E-state index is 11.6. The number of aliphatic hydroxyl groups is 1. The van der Waals surface area contributed by atoms with Gasteiger partial charge < -0.3 is 24.6 Å². The van der Waals surface area contributed by atoms with Gasteiger partial charge in [-0.15, -0.1) is 0 Å². The molecule has 19 heavy (non-hydrogen) atoms. The Morgan fingerprint density at radius 1 is 1.37 bits per heavy atom. The van der Waals surface area contributed by atoms with E-state index in [9.17, 15) is 9.90 Å². The molecule has 112 valence electrons. The monoisotopic (exact) mass is 275 g/mol. The van der Waals surface area contributed by atoms with E-state index in [0.717, 1.165) is 0 Å². The molecule has 3 atom stereocenters. The van der Waals surface area contributed by atoms with Crippen molar-refractivity contribution in [1.29, 1.82) is 0 Å². The average Bonchev–Trinajstić information content (AvgIpc) is 2.57. The highest BCUT2D eigenvalue weighted by Gasteiger charge is 2.34. The van der Waals surface area contributed by atoms with Crippen LogP contribution in [0.4, 0.5) is 4.79 Å². The van der Waals surface area contributed by atoms with Crippen LogP contribution in [0.15, 0.2) is 0 Å². The summed E-state index contributed by atoms with van der Waals surface area (Å²) in [6, 6.07) is -0.272. The molecule has 1 aliphatic carbocycles. The van der Waals surface area contributed by atoms with Crippen molar-refractivity contribution in [3.63, 3.8) is 0 Å². The molecule has 0 aromatic rings. The molecule has 1 aliphatic rings. The zero-order valence-corrected chi connectivity index (χ0v) is 12.1. The molecule has 0 radical (unpaired) electrons. The lowest BCUT2D eigenvalue weighted by Gasteiger charge is -2.23. The largest absolute Gasteiger partial charge is 0.444 e. The van der Waals surface area contributed by atoms with Crippen molar-refractivity contribution in [1.82, 2.24) is 5.32 Å². The van der Waals surface area contributed by atoms with Gasteiger partial charge in [-0.2, -0.15) is 0 Å². The van der Waals surface area contributed by atoms with E-state index in [1.807, 2.05) is 0 Å². The molecular weight excluding hydrogens is 250 g/mol. The van der Waals surface area contributed by atoms with Gasteiger partial charge in [0.15, 0.2) is 0 Å². The van der Waals surface area contributed by atoms with Gasteiger partial charge in [0.2, 0.25) is 0 Å². The van der Waals surface area contributed by atoms with E-state index in [-0.39, 0.29) is 18.8 Å². The second-order valence-electron chi connectivity index (χ2n) is 5.93. The topological polar surface area (TPSA) is 77.0 Å². The minimum absolute atomic E-state index is 0.227. The summed E-state index contributed by atoms with van der Waals surface area (Å²) in [4.78, 5) is 11.6. The Hall–Kier alpha value is -0.850. The molecule has 1 saturated carbocycles. The fraction of sp³-hybridized carbons (Fsp3) is 0.923. The number of methoxy groups -OCH3 is 1.